The highest BCUT2D eigenvalue weighted by Gasteiger charge is 2.43. The van der Waals surface area contributed by atoms with E-state index < -0.39 is 53.0 Å². The van der Waals surface area contributed by atoms with Crippen molar-refractivity contribution in [1.82, 2.24) is 20.4 Å². The summed E-state index contributed by atoms with van der Waals surface area (Å²) in [7, 11) is 2.77. The van der Waals surface area contributed by atoms with Crippen molar-refractivity contribution in [3.63, 3.8) is 0 Å². The number of hydrogen-bond acceptors (Lipinski definition) is 10. The number of rotatable bonds is 15. The quantitative estimate of drug-likeness (QED) is 0.195. The van der Waals surface area contributed by atoms with Gasteiger partial charge in [0, 0.05) is 20.0 Å². The number of hydrogen-bond donors (Lipinski definition) is 2. The third-order valence-electron chi connectivity index (χ3n) is 9.94. The largest absolute Gasteiger partial charge is 0.491 e. The Bertz CT molecular complexity index is 1700. The van der Waals surface area contributed by atoms with Gasteiger partial charge in [-0.2, -0.15) is 0 Å². The first-order valence-corrected chi connectivity index (χ1v) is 19.3. The minimum absolute atomic E-state index is 0.106. The molecular weight excluding hydrogens is 720 g/mol. The molecule has 14 heteroatoms. The molecule has 0 saturated heterocycles. The first-order chi connectivity index (χ1) is 26.4. The van der Waals surface area contributed by atoms with Gasteiger partial charge in [0.1, 0.15) is 42.7 Å². The molecule has 0 fully saturated rings. The molecule has 1 heterocycles. The van der Waals surface area contributed by atoms with Gasteiger partial charge in [-0.15, -0.1) is 0 Å². The number of methoxy groups -OCH3 is 1. The standard InChI is InChI=1S/C42H60N4O10/c1-27(45(8)40(51)56-42(5,6)7)37(48)44-36(41(2,3)4)39(50)46-25-30-23-31(55-22-21-53-19-20-54-26-35(47)52-9)18-17-29(30)24-34(46)38(49)43-33-16-12-14-28-13-10-11-15-32(28)33/h10-11,13,15,17-18,23,27,33-34,36H,12,14,16,19-22,24-26H2,1-9H3,(H,43,49)(H,44,48)/t27-,33+,34-,36+/m0/s1. The molecular formula is C42H60N4O10. The molecule has 0 spiro atoms. The second-order valence-corrected chi connectivity index (χ2v) is 16.4. The van der Waals surface area contributed by atoms with Crippen molar-refractivity contribution in [3.05, 3.63) is 64.7 Å². The normalized spacial score (nSPS) is 17.7. The van der Waals surface area contributed by atoms with Crippen molar-refractivity contribution in [2.24, 2.45) is 5.41 Å². The van der Waals surface area contributed by atoms with Crippen LogP contribution in [-0.4, -0.2) is 111 Å². The molecule has 4 rings (SSSR count). The molecule has 56 heavy (non-hydrogen) atoms. The Morgan fingerprint density at radius 1 is 0.911 bits per heavy atom. The maximum atomic E-state index is 14.8. The third kappa shape index (κ3) is 12.2. The molecule has 2 aromatic carbocycles. The Labute approximate surface area is 330 Å². The molecule has 308 valence electrons. The number of fused-ring (bicyclic) bond motifs is 2. The minimum Gasteiger partial charge on any atom is -0.491 e. The number of aryl methyl sites for hydroxylation is 1. The van der Waals surface area contributed by atoms with Gasteiger partial charge in [0.25, 0.3) is 0 Å². The molecule has 2 aliphatic rings. The van der Waals surface area contributed by atoms with Crippen LogP contribution in [0.15, 0.2) is 42.5 Å². The monoisotopic (exact) mass is 780 g/mol. The van der Waals surface area contributed by atoms with Crippen LogP contribution in [0.25, 0.3) is 0 Å². The lowest BCUT2D eigenvalue weighted by molar-refractivity contribution is -0.147. The van der Waals surface area contributed by atoms with E-state index in [9.17, 15) is 24.0 Å². The summed E-state index contributed by atoms with van der Waals surface area (Å²) in [5.74, 6) is -1.10. The zero-order valence-corrected chi connectivity index (χ0v) is 34.4. The molecule has 4 atom stereocenters. The van der Waals surface area contributed by atoms with Crippen LogP contribution in [0.2, 0.25) is 0 Å². The number of esters is 1. The number of benzene rings is 2. The summed E-state index contributed by atoms with van der Waals surface area (Å²) in [4.78, 5) is 69.6. The lowest BCUT2D eigenvalue weighted by Gasteiger charge is -2.42. The summed E-state index contributed by atoms with van der Waals surface area (Å²) in [5.41, 5.74) is 2.49. The fourth-order valence-electron chi connectivity index (χ4n) is 6.69. The molecule has 0 aromatic heterocycles. The fourth-order valence-corrected chi connectivity index (χ4v) is 6.69. The molecule has 0 bridgehead atoms. The summed E-state index contributed by atoms with van der Waals surface area (Å²) in [5, 5.41) is 6.19. The first kappa shape index (κ1) is 44.0. The molecule has 1 aliphatic carbocycles. The number of carbonyl (C=O) groups excluding carboxylic acids is 5. The van der Waals surface area contributed by atoms with Crippen molar-refractivity contribution in [2.45, 2.75) is 110 Å². The first-order valence-electron chi connectivity index (χ1n) is 19.3. The molecule has 0 saturated carbocycles. The number of nitrogens with zero attached hydrogens (tertiary/aromatic N) is 2. The van der Waals surface area contributed by atoms with Gasteiger partial charge in [-0.25, -0.2) is 9.59 Å². The Kier molecular flexibility index (Phi) is 15.3. The average molecular weight is 781 g/mol. The zero-order chi connectivity index (χ0) is 41.2. The minimum atomic E-state index is -1.04. The topological polar surface area (TPSA) is 162 Å². The molecule has 0 radical (unpaired) electrons. The second kappa shape index (κ2) is 19.4. The smallest absolute Gasteiger partial charge is 0.410 e. The van der Waals surface area contributed by atoms with Crippen LogP contribution >= 0.6 is 0 Å². The van der Waals surface area contributed by atoms with E-state index in [0.717, 1.165) is 36.0 Å². The summed E-state index contributed by atoms with van der Waals surface area (Å²) >= 11 is 0. The highest BCUT2D eigenvalue weighted by atomic mass is 16.6. The fraction of sp³-hybridized carbons (Fsp3) is 0.595. The SMILES string of the molecule is COC(=O)COCCOCCOc1ccc2c(c1)CN(C(=O)[C@@H](NC(=O)[C@H](C)N(C)C(=O)OC(C)(C)C)C(C)(C)C)[C@H](C(=O)N[C@@H]1CCCc3ccccc31)C2. The number of nitrogens with one attached hydrogen (secondary N) is 2. The van der Waals surface area contributed by atoms with Crippen molar-refractivity contribution < 1.29 is 47.7 Å². The summed E-state index contributed by atoms with van der Waals surface area (Å²) in [6.07, 6.45) is 2.26. The van der Waals surface area contributed by atoms with Crippen LogP contribution in [-0.2, 0) is 57.5 Å². The van der Waals surface area contributed by atoms with Gasteiger partial charge >= 0.3 is 12.1 Å². The Morgan fingerprint density at radius 3 is 2.30 bits per heavy atom. The summed E-state index contributed by atoms with van der Waals surface area (Å²) in [6.45, 7) is 13.4. The van der Waals surface area contributed by atoms with Crippen molar-refractivity contribution in [2.75, 3.05) is 47.2 Å². The molecule has 2 aromatic rings. The summed E-state index contributed by atoms with van der Waals surface area (Å²) in [6, 6.07) is 10.7. The molecule has 1 aliphatic heterocycles. The predicted molar refractivity (Wildman–Crippen MR) is 209 cm³/mol. The van der Waals surface area contributed by atoms with Gasteiger partial charge in [-0.1, -0.05) is 51.1 Å². The molecule has 4 amide bonds. The number of carbonyl (C=O) groups is 5. The van der Waals surface area contributed by atoms with Crippen molar-refractivity contribution in [1.29, 1.82) is 0 Å². The van der Waals surface area contributed by atoms with Gasteiger partial charge in [-0.05, 0) is 86.8 Å². The van der Waals surface area contributed by atoms with Gasteiger partial charge in [0.15, 0.2) is 0 Å². The number of ether oxygens (including phenoxy) is 5. The number of likely N-dealkylation sites (N-methyl/N-ethyl adjacent to an activating group) is 1. The average Bonchev–Trinajstić information content (AvgIpc) is 3.15. The van der Waals surface area contributed by atoms with Crippen LogP contribution in [0.5, 0.6) is 5.75 Å². The van der Waals surface area contributed by atoms with Gasteiger partial charge in [0.2, 0.25) is 17.7 Å². The third-order valence-corrected chi connectivity index (χ3v) is 9.94. The summed E-state index contributed by atoms with van der Waals surface area (Å²) < 4.78 is 26.7. The van der Waals surface area contributed by atoms with E-state index in [0.29, 0.717) is 5.75 Å². The van der Waals surface area contributed by atoms with Gasteiger partial charge in [0.05, 0.1) is 33.0 Å². The second-order valence-electron chi connectivity index (χ2n) is 16.4. The van der Waals surface area contributed by atoms with Crippen molar-refractivity contribution >= 4 is 29.8 Å². The van der Waals surface area contributed by atoms with E-state index >= 15 is 0 Å². The van der Waals surface area contributed by atoms with Gasteiger partial charge in [-0.3, -0.25) is 19.3 Å². The highest BCUT2D eigenvalue weighted by molar-refractivity contribution is 5.94. The van der Waals surface area contributed by atoms with E-state index in [1.54, 1.807) is 32.6 Å². The van der Waals surface area contributed by atoms with E-state index in [1.165, 1.54) is 24.6 Å². The van der Waals surface area contributed by atoms with E-state index in [-0.39, 0.29) is 57.9 Å². The van der Waals surface area contributed by atoms with Crippen LogP contribution in [0.1, 0.15) is 89.6 Å². The molecule has 0 unspecified atom stereocenters. The lowest BCUT2D eigenvalue weighted by atomic mass is 9.83. The Hall–Kier alpha value is -4.69. The van der Waals surface area contributed by atoms with E-state index in [2.05, 4.69) is 21.4 Å². The highest BCUT2D eigenvalue weighted by Crippen LogP contribution is 2.33. The maximum Gasteiger partial charge on any atom is 0.410 e. The Morgan fingerprint density at radius 2 is 1.61 bits per heavy atom. The zero-order valence-electron chi connectivity index (χ0n) is 34.4. The maximum absolute atomic E-state index is 14.8. The van der Waals surface area contributed by atoms with Crippen LogP contribution in [0.3, 0.4) is 0 Å². The van der Waals surface area contributed by atoms with Crippen LogP contribution in [0.4, 0.5) is 4.79 Å². The van der Waals surface area contributed by atoms with Crippen LogP contribution in [0, 0.1) is 5.41 Å². The van der Waals surface area contributed by atoms with Crippen molar-refractivity contribution in [3.8, 4) is 5.75 Å². The Balaban J connectivity index is 1.54. The van der Waals surface area contributed by atoms with Gasteiger partial charge < -0.3 is 39.2 Å². The lowest BCUT2D eigenvalue weighted by Crippen LogP contribution is -2.62. The molecule has 2 N–H and O–H groups in total. The molecule has 14 nitrogen and oxygen atoms in total. The van der Waals surface area contributed by atoms with E-state index in [1.807, 2.05) is 57.2 Å². The number of amides is 4. The van der Waals surface area contributed by atoms with Crippen LogP contribution < -0.4 is 15.4 Å². The van der Waals surface area contributed by atoms with E-state index in [4.69, 9.17) is 18.9 Å². The predicted octanol–water partition coefficient (Wildman–Crippen LogP) is 4.51.